The van der Waals surface area contributed by atoms with Gasteiger partial charge in [-0.1, -0.05) is 0 Å². The fourth-order valence-corrected chi connectivity index (χ4v) is 1.90. The van der Waals surface area contributed by atoms with Crippen LogP contribution < -0.4 is 0 Å². The van der Waals surface area contributed by atoms with Crippen molar-refractivity contribution in [3.63, 3.8) is 0 Å². The van der Waals surface area contributed by atoms with Crippen molar-refractivity contribution in [2.75, 3.05) is 13.2 Å². The molecule has 0 bridgehead atoms. The molecule has 0 aliphatic carbocycles. The number of carbonyl (C=O) groups excluding carboxylic acids is 1. The molecule has 2 nitrogen and oxygen atoms in total. The number of hydrogen-bond acceptors (Lipinski definition) is 3. The third-order valence-corrected chi connectivity index (χ3v) is 2.83. The van der Waals surface area contributed by atoms with Crippen LogP contribution in [0, 0.1) is 0 Å². The first-order valence-corrected chi connectivity index (χ1v) is 5.26. The van der Waals surface area contributed by atoms with Gasteiger partial charge in [0.1, 0.15) is 6.61 Å². The zero-order chi connectivity index (χ0) is 8.97. The molecule has 1 aromatic heterocycles. The lowest BCUT2D eigenvalue weighted by Crippen LogP contribution is -2.07. The number of ketones is 1. The van der Waals surface area contributed by atoms with Gasteiger partial charge in [-0.25, -0.2) is 0 Å². The highest BCUT2D eigenvalue weighted by Gasteiger charge is 2.06. The van der Waals surface area contributed by atoms with Crippen LogP contribution in [0.2, 0.25) is 0 Å². The molecule has 0 amide bonds. The predicted molar refractivity (Wildman–Crippen MR) is 52.8 cm³/mol. The minimum absolute atomic E-state index is 0.0406. The maximum absolute atomic E-state index is 11.3. The van der Waals surface area contributed by atoms with Crippen LogP contribution >= 0.6 is 27.3 Å². The van der Waals surface area contributed by atoms with Gasteiger partial charge in [-0.3, -0.25) is 4.79 Å². The van der Waals surface area contributed by atoms with Crippen LogP contribution in [-0.4, -0.2) is 19.0 Å². The number of Topliss-reactive ketones (excluding diaryl/α,β-unsaturated/α-hetero) is 1. The minimum atomic E-state index is 0.0406. The Morgan fingerprint density at radius 2 is 2.50 bits per heavy atom. The van der Waals surface area contributed by atoms with Gasteiger partial charge >= 0.3 is 0 Å². The molecular weight excluding hydrogens is 240 g/mol. The van der Waals surface area contributed by atoms with E-state index in [0.717, 1.165) is 9.35 Å². The molecule has 0 atom stereocenters. The van der Waals surface area contributed by atoms with E-state index in [0.29, 0.717) is 6.61 Å². The third-order valence-electron chi connectivity index (χ3n) is 1.33. The Balaban J connectivity index is 2.53. The summed E-state index contributed by atoms with van der Waals surface area (Å²) in [4.78, 5) is 11.3. The van der Waals surface area contributed by atoms with Gasteiger partial charge < -0.3 is 4.74 Å². The molecule has 0 aliphatic heterocycles. The molecule has 1 rings (SSSR count). The molecule has 1 heterocycles. The SMILES string of the molecule is CCOCC(=O)c1csc(Br)c1. The van der Waals surface area contributed by atoms with Crippen LogP contribution in [-0.2, 0) is 4.74 Å². The highest BCUT2D eigenvalue weighted by atomic mass is 79.9. The Bertz CT molecular complexity index is 270. The summed E-state index contributed by atoms with van der Waals surface area (Å²) in [5, 5.41) is 1.82. The van der Waals surface area contributed by atoms with E-state index in [1.807, 2.05) is 18.4 Å². The van der Waals surface area contributed by atoms with Crippen molar-refractivity contribution in [1.29, 1.82) is 0 Å². The summed E-state index contributed by atoms with van der Waals surface area (Å²) in [5.41, 5.74) is 0.723. The lowest BCUT2D eigenvalue weighted by atomic mass is 10.2. The summed E-state index contributed by atoms with van der Waals surface area (Å²) in [5.74, 6) is 0.0406. The van der Waals surface area contributed by atoms with Crippen LogP contribution in [0.1, 0.15) is 17.3 Å². The maximum atomic E-state index is 11.3. The fraction of sp³-hybridized carbons (Fsp3) is 0.375. The van der Waals surface area contributed by atoms with Crippen LogP contribution in [0.3, 0.4) is 0 Å². The first-order chi connectivity index (χ1) is 5.74. The van der Waals surface area contributed by atoms with Crippen LogP contribution in [0.4, 0.5) is 0 Å². The van der Waals surface area contributed by atoms with E-state index in [1.165, 1.54) is 11.3 Å². The molecule has 0 saturated carbocycles. The van der Waals surface area contributed by atoms with E-state index >= 15 is 0 Å². The van der Waals surface area contributed by atoms with Crippen molar-refractivity contribution in [3.05, 3.63) is 20.8 Å². The quantitative estimate of drug-likeness (QED) is 0.767. The second-order valence-corrected chi connectivity index (χ2v) is 4.49. The van der Waals surface area contributed by atoms with Gasteiger partial charge in [0.05, 0.1) is 3.79 Å². The van der Waals surface area contributed by atoms with Crippen LogP contribution in [0.5, 0.6) is 0 Å². The van der Waals surface area contributed by atoms with E-state index in [9.17, 15) is 4.79 Å². The lowest BCUT2D eigenvalue weighted by Gasteiger charge is -1.96. The molecule has 4 heteroatoms. The van der Waals surface area contributed by atoms with E-state index in [-0.39, 0.29) is 12.4 Å². The van der Waals surface area contributed by atoms with Crippen molar-refractivity contribution >= 4 is 33.0 Å². The average molecular weight is 249 g/mol. The smallest absolute Gasteiger partial charge is 0.189 e. The first kappa shape index (κ1) is 9.89. The molecule has 0 unspecified atom stereocenters. The van der Waals surface area contributed by atoms with Crippen LogP contribution in [0.25, 0.3) is 0 Å². The number of ether oxygens (including phenoxy) is 1. The number of rotatable bonds is 4. The molecule has 0 aliphatic rings. The number of hydrogen-bond donors (Lipinski definition) is 0. The van der Waals surface area contributed by atoms with Gasteiger partial charge in [0.2, 0.25) is 0 Å². The van der Waals surface area contributed by atoms with E-state index in [2.05, 4.69) is 15.9 Å². The molecule has 12 heavy (non-hydrogen) atoms. The molecule has 0 aromatic carbocycles. The second kappa shape index (κ2) is 4.74. The zero-order valence-corrected chi connectivity index (χ0v) is 9.07. The molecule has 66 valence electrons. The first-order valence-electron chi connectivity index (χ1n) is 3.59. The van der Waals surface area contributed by atoms with Gasteiger partial charge in [0, 0.05) is 17.6 Å². The van der Waals surface area contributed by atoms with Gasteiger partial charge in [-0.15, -0.1) is 11.3 Å². The van der Waals surface area contributed by atoms with Gasteiger partial charge in [0.25, 0.3) is 0 Å². The number of thiophene rings is 1. The molecule has 0 fully saturated rings. The summed E-state index contributed by atoms with van der Waals surface area (Å²) < 4.78 is 5.97. The number of carbonyl (C=O) groups is 1. The summed E-state index contributed by atoms with van der Waals surface area (Å²) in [6.45, 7) is 2.63. The average Bonchev–Trinajstić information content (AvgIpc) is 2.47. The fourth-order valence-electron chi connectivity index (χ4n) is 0.734. The normalized spacial score (nSPS) is 10.2. The Labute approximate surface area is 83.7 Å². The van der Waals surface area contributed by atoms with Gasteiger partial charge in [-0.2, -0.15) is 0 Å². The monoisotopic (exact) mass is 248 g/mol. The molecule has 0 radical (unpaired) electrons. The van der Waals surface area contributed by atoms with Crippen molar-refractivity contribution in [2.45, 2.75) is 6.92 Å². The summed E-state index contributed by atoms with van der Waals surface area (Å²) in [6.07, 6.45) is 0. The maximum Gasteiger partial charge on any atom is 0.189 e. The molecule has 0 N–H and O–H groups in total. The molecule has 0 saturated heterocycles. The summed E-state index contributed by atoms with van der Waals surface area (Å²) in [6, 6.07) is 1.81. The molecule has 1 aromatic rings. The lowest BCUT2D eigenvalue weighted by molar-refractivity contribution is 0.0784. The predicted octanol–water partition coefficient (Wildman–Crippen LogP) is 2.73. The second-order valence-electron chi connectivity index (χ2n) is 2.20. The summed E-state index contributed by atoms with van der Waals surface area (Å²) >= 11 is 4.80. The number of halogens is 1. The largest absolute Gasteiger partial charge is 0.374 e. The van der Waals surface area contributed by atoms with Gasteiger partial charge in [0.15, 0.2) is 5.78 Å². The standard InChI is InChI=1S/C8H9BrO2S/c1-2-11-4-7(10)6-3-8(9)12-5-6/h3,5H,2,4H2,1H3. The zero-order valence-electron chi connectivity index (χ0n) is 6.67. The van der Waals surface area contributed by atoms with E-state index in [1.54, 1.807) is 0 Å². The van der Waals surface area contributed by atoms with Crippen molar-refractivity contribution < 1.29 is 9.53 Å². The van der Waals surface area contributed by atoms with Gasteiger partial charge in [-0.05, 0) is 28.9 Å². The van der Waals surface area contributed by atoms with Crippen molar-refractivity contribution in [1.82, 2.24) is 0 Å². The van der Waals surface area contributed by atoms with Crippen molar-refractivity contribution in [3.8, 4) is 0 Å². The molecule has 0 spiro atoms. The van der Waals surface area contributed by atoms with E-state index < -0.39 is 0 Å². The Hall–Kier alpha value is -0.190. The summed E-state index contributed by atoms with van der Waals surface area (Å²) in [7, 11) is 0. The highest BCUT2D eigenvalue weighted by Crippen LogP contribution is 2.20. The molecular formula is C8H9BrO2S. The Kier molecular flexibility index (Phi) is 3.91. The van der Waals surface area contributed by atoms with Crippen LogP contribution in [0.15, 0.2) is 15.2 Å². The van der Waals surface area contributed by atoms with Crippen molar-refractivity contribution in [2.24, 2.45) is 0 Å². The highest BCUT2D eigenvalue weighted by molar-refractivity contribution is 9.11. The third kappa shape index (κ3) is 2.69. The Morgan fingerprint density at radius 1 is 1.75 bits per heavy atom. The Morgan fingerprint density at radius 3 is 3.00 bits per heavy atom. The minimum Gasteiger partial charge on any atom is -0.374 e. The topological polar surface area (TPSA) is 26.3 Å². The van der Waals surface area contributed by atoms with E-state index in [4.69, 9.17) is 4.74 Å².